The summed E-state index contributed by atoms with van der Waals surface area (Å²) in [7, 11) is 0. The topological polar surface area (TPSA) is 63.1 Å². The lowest BCUT2D eigenvalue weighted by atomic mass is 10.1. The molecule has 4 nitrogen and oxygen atoms in total. The van der Waals surface area contributed by atoms with Crippen molar-refractivity contribution in [1.82, 2.24) is 9.97 Å². The minimum absolute atomic E-state index is 0.293. The van der Waals surface area contributed by atoms with Crippen LogP contribution >= 0.6 is 11.8 Å². The van der Waals surface area contributed by atoms with Gasteiger partial charge in [-0.3, -0.25) is 4.98 Å². The number of carboxylic acids is 1. The lowest BCUT2D eigenvalue weighted by Crippen LogP contribution is -2.05. The highest BCUT2D eigenvalue weighted by Gasteiger charge is 2.16. The van der Waals surface area contributed by atoms with Crippen LogP contribution in [0, 0.1) is 20.8 Å². The summed E-state index contributed by atoms with van der Waals surface area (Å²) in [5.41, 5.74) is 4.02. The van der Waals surface area contributed by atoms with Gasteiger partial charge < -0.3 is 5.11 Å². The number of hydrogen-bond donors (Lipinski definition) is 1. The first-order valence-electron chi connectivity index (χ1n) is 6.22. The Labute approximate surface area is 122 Å². The molecule has 0 aliphatic rings. The fourth-order valence-corrected chi connectivity index (χ4v) is 3.08. The van der Waals surface area contributed by atoms with Crippen molar-refractivity contribution in [3.8, 4) is 0 Å². The molecule has 0 amide bonds. The highest BCUT2D eigenvalue weighted by atomic mass is 32.2. The smallest absolute Gasteiger partial charge is 0.338 e. The average molecular weight is 288 g/mol. The quantitative estimate of drug-likeness (QED) is 0.874. The predicted octanol–water partition coefficient (Wildman–Crippen LogP) is 3.39. The summed E-state index contributed by atoms with van der Waals surface area (Å²) in [5, 5.41) is 9.88. The van der Waals surface area contributed by atoms with E-state index in [2.05, 4.69) is 9.97 Å². The first-order chi connectivity index (χ1) is 9.47. The monoisotopic (exact) mass is 288 g/mol. The molecular formula is C15H16N2O2S. The van der Waals surface area contributed by atoms with E-state index < -0.39 is 5.97 Å². The second-order valence-electron chi connectivity index (χ2n) is 4.73. The van der Waals surface area contributed by atoms with Gasteiger partial charge in [0.25, 0.3) is 0 Å². The van der Waals surface area contributed by atoms with E-state index in [0.29, 0.717) is 16.3 Å². The summed E-state index contributed by atoms with van der Waals surface area (Å²) in [6.07, 6.45) is 3.59. The van der Waals surface area contributed by atoms with Crippen LogP contribution in [0.15, 0.2) is 29.6 Å². The van der Waals surface area contributed by atoms with Crippen molar-refractivity contribution < 1.29 is 9.90 Å². The Morgan fingerprint density at radius 1 is 1.25 bits per heavy atom. The van der Waals surface area contributed by atoms with E-state index in [1.165, 1.54) is 11.8 Å². The maximum atomic E-state index is 11.4. The maximum Gasteiger partial charge on any atom is 0.338 e. The number of aromatic carboxylic acids is 1. The van der Waals surface area contributed by atoms with Gasteiger partial charge in [-0.25, -0.2) is 9.78 Å². The second kappa shape index (κ2) is 6.05. The number of rotatable bonds is 4. The minimum atomic E-state index is -0.931. The average Bonchev–Trinajstić information content (AvgIpc) is 2.35. The van der Waals surface area contributed by atoms with Gasteiger partial charge in [0.1, 0.15) is 5.03 Å². The first kappa shape index (κ1) is 14.5. The zero-order valence-electron chi connectivity index (χ0n) is 11.7. The molecule has 0 aliphatic heterocycles. The highest BCUT2D eigenvalue weighted by molar-refractivity contribution is 7.98. The summed E-state index contributed by atoms with van der Waals surface area (Å²) < 4.78 is 0. The second-order valence-corrected chi connectivity index (χ2v) is 5.69. The number of nitrogens with zero attached hydrogens (tertiary/aromatic N) is 2. The summed E-state index contributed by atoms with van der Waals surface area (Å²) in [6, 6.07) is 3.84. The predicted molar refractivity (Wildman–Crippen MR) is 79.2 cm³/mol. The van der Waals surface area contributed by atoms with E-state index in [1.807, 2.05) is 19.9 Å². The Hall–Kier alpha value is -1.88. The summed E-state index contributed by atoms with van der Waals surface area (Å²) >= 11 is 1.43. The molecule has 0 aromatic carbocycles. The van der Waals surface area contributed by atoms with Gasteiger partial charge in [0, 0.05) is 23.8 Å². The van der Waals surface area contributed by atoms with E-state index in [1.54, 1.807) is 25.4 Å². The summed E-state index contributed by atoms with van der Waals surface area (Å²) in [5.74, 6) is -0.273. The lowest BCUT2D eigenvalue weighted by Gasteiger charge is -2.09. The van der Waals surface area contributed by atoms with Gasteiger partial charge in [-0.2, -0.15) is 0 Å². The Morgan fingerprint density at radius 3 is 2.65 bits per heavy atom. The third-order valence-electron chi connectivity index (χ3n) is 2.83. The molecule has 2 heterocycles. The zero-order chi connectivity index (χ0) is 14.7. The molecule has 0 radical (unpaired) electrons. The van der Waals surface area contributed by atoms with Crippen LogP contribution in [-0.2, 0) is 5.75 Å². The van der Waals surface area contributed by atoms with Crippen LogP contribution in [-0.4, -0.2) is 21.0 Å². The normalized spacial score (nSPS) is 10.6. The van der Waals surface area contributed by atoms with Gasteiger partial charge in [0.2, 0.25) is 0 Å². The summed E-state index contributed by atoms with van der Waals surface area (Å²) in [6.45, 7) is 5.66. The number of carboxylic acid groups (broad SMARTS) is 1. The Bertz CT molecular complexity index is 656. The Morgan fingerprint density at radius 2 is 2.00 bits per heavy atom. The molecule has 0 saturated carbocycles. The van der Waals surface area contributed by atoms with Crippen LogP contribution < -0.4 is 0 Å². The largest absolute Gasteiger partial charge is 0.478 e. The molecular weight excluding hydrogens is 272 g/mol. The summed E-state index contributed by atoms with van der Waals surface area (Å²) in [4.78, 5) is 19.8. The van der Waals surface area contributed by atoms with Crippen LogP contribution in [0.1, 0.15) is 32.7 Å². The molecule has 0 spiro atoms. The molecule has 0 unspecified atom stereocenters. The third-order valence-corrected chi connectivity index (χ3v) is 3.88. The molecule has 5 heteroatoms. The van der Waals surface area contributed by atoms with Crippen molar-refractivity contribution in [3.05, 3.63) is 52.5 Å². The molecule has 0 atom stereocenters. The standard InChI is InChI=1S/C15H16N2O2S/c1-9-4-12(7-16-6-9)8-20-14-13(15(18)19)10(2)5-11(3)17-14/h4-7H,8H2,1-3H3,(H,18,19). The number of aromatic nitrogens is 2. The maximum absolute atomic E-state index is 11.4. The number of pyridine rings is 2. The zero-order valence-corrected chi connectivity index (χ0v) is 12.5. The molecule has 0 saturated heterocycles. The van der Waals surface area contributed by atoms with Gasteiger partial charge in [0.05, 0.1) is 5.56 Å². The van der Waals surface area contributed by atoms with E-state index in [-0.39, 0.29) is 0 Å². The molecule has 2 aromatic heterocycles. The number of carbonyl (C=O) groups is 1. The van der Waals surface area contributed by atoms with E-state index in [0.717, 1.165) is 22.4 Å². The van der Waals surface area contributed by atoms with Crippen molar-refractivity contribution >= 4 is 17.7 Å². The van der Waals surface area contributed by atoms with Crippen LogP contribution in [0.5, 0.6) is 0 Å². The van der Waals surface area contributed by atoms with Crippen molar-refractivity contribution in [2.24, 2.45) is 0 Å². The van der Waals surface area contributed by atoms with E-state index in [4.69, 9.17) is 0 Å². The Kier molecular flexibility index (Phi) is 4.39. The minimum Gasteiger partial charge on any atom is -0.478 e. The van der Waals surface area contributed by atoms with Gasteiger partial charge in [0.15, 0.2) is 0 Å². The van der Waals surface area contributed by atoms with E-state index in [9.17, 15) is 9.90 Å². The molecule has 0 bridgehead atoms. The van der Waals surface area contributed by atoms with Crippen LogP contribution in [0.4, 0.5) is 0 Å². The van der Waals surface area contributed by atoms with Crippen LogP contribution in [0.25, 0.3) is 0 Å². The fraction of sp³-hybridized carbons (Fsp3) is 0.267. The van der Waals surface area contributed by atoms with Gasteiger partial charge in [-0.1, -0.05) is 6.07 Å². The van der Waals surface area contributed by atoms with Crippen LogP contribution in [0.3, 0.4) is 0 Å². The van der Waals surface area contributed by atoms with Crippen molar-refractivity contribution in [3.63, 3.8) is 0 Å². The molecule has 20 heavy (non-hydrogen) atoms. The molecule has 2 aromatic rings. The van der Waals surface area contributed by atoms with E-state index >= 15 is 0 Å². The molecule has 0 aliphatic carbocycles. The third kappa shape index (κ3) is 3.36. The molecule has 2 rings (SSSR count). The molecule has 104 valence electrons. The number of aryl methyl sites for hydroxylation is 3. The van der Waals surface area contributed by atoms with Gasteiger partial charge in [-0.05, 0) is 43.5 Å². The van der Waals surface area contributed by atoms with Crippen molar-refractivity contribution in [2.45, 2.75) is 31.6 Å². The van der Waals surface area contributed by atoms with Crippen LogP contribution in [0.2, 0.25) is 0 Å². The fourth-order valence-electron chi connectivity index (χ4n) is 2.02. The molecule has 0 fully saturated rings. The lowest BCUT2D eigenvalue weighted by molar-refractivity contribution is 0.0691. The van der Waals surface area contributed by atoms with Crippen molar-refractivity contribution in [1.29, 1.82) is 0 Å². The van der Waals surface area contributed by atoms with Crippen molar-refractivity contribution in [2.75, 3.05) is 0 Å². The number of thioether (sulfide) groups is 1. The van der Waals surface area contributed by atoms with Gasteiger partial charge >= 0.3 is 5.97 Å². The molecule has 1 N–H and O–H groups in total. The highest BCUT2D eigenvalue weighted by Crippen LogP contribution is 2.27. The SMILES string of the molecule is Cc1cncc(CSc2nc(C)cc(C)c2C(=O)O)c1. The number of hydrogen-bond acceptors (Lipinski definition) is 4. The van der Waals surface area contributed by atoms with Gasteiger partial charge in [-0.15, -0.1) is 11.8 Å². The Balaban J connectivity index is 2.27. The first-order valence-corrected chi connectivity index (χ1v) is 7.21.